The largest absolute Gasteiger partial charge is 0.348 e. The van der Waals surface area contributed by atoms with E-state index in [2.05, 4.69) is 5.32 Å². The molecule has 0 radical (unpaired) electrons. The lowest BCUT2D eigenvalue weighted by Crippen LogP contribution is -2.46. The van der Waals surface area contributed by atoms with Crippen LogP contribution >= 0.6 is 0 Å². The first-order valence-electron chi connectivity index (χ1n) is 12.0. The number of rotatable bonds is 5. The van der Waals surface area contributed by atoms with Crippen LogP contribution < -0.4 is 5.32 Å². The maximum Gasteiger partial charge on any atom is 0.268 e. The number of piperidine rings is 1. The second-order valence-electron chi connectivity index (χ2n) is 9.17. The summed E-state index contributed by atoms with van der Waals surface area (Å²) in [6, 6.07) is 23.8. The summed E-state index contributed by atoms with van der Waals surface area (Å²) in [5, 5.41) is 4.09. The third kappa shape index (κ3) is 4.83. The predicted octanol–water partition coefficient (Wildman–Crippen LogP) is 5.17. The van der Waals surface area contributed by atoms with Crippen LogP contribution in [0.3, 0.4) is 0 Å². The lowest BCUT2D eigenvalue weighted by atomic mass is 10.0. The number of nitrogens with one attached hydrogen (secondary N) is 1. The Balaban J connectivity index is 1.29. The molecule has 2 heterocycles. The second-order valence-corrected chi connectivity index (χ2v) is 9.17. The monoisotopic (exact) mass is 469 g/mol. The van der Waals surface area contributed by atoms with Crippen LogP contribution in [0.25, 0.3) is 10.9 Å². The zero-order valence-electron chi connectivity index (χ0n) is 19.7. The first-order valence-corrected chi connectivity index (χ1v) is 12.0. The summed E-state index contributed by atoms with van der Waals surface area (Å²) in [5.74, 6) is -0.442. The summed E-state index contributed by atoms with van der Waals surface area (Å²) in [4.78, 5) is 28.0. The van der Waals surface area contributed by atoms with Gasteiger partial charge in [0.1, 0.15) is 11.5 Å². The molecule has 178 valence electrons. The van der Waals surface area contributed by atoms with Crippen molar-refractivity contribution >= 4 is 22.7 Å². The molecule has 3 aromatic carbocycles. The Morgan fingerprint density at radius 3 is 2.37 bits per heavy atom. The van der Waals surface area contributed by atoms with Crippen molar-refractivity contribution in [2.24, 2.45) is 0 Å². The summed E-state index contributed by atoms with van der Waals surface area (Å²) in [5.41, 5.74) is 3.74. The molecule has 1 aromatic heterocycles. The van der Waals surface area contributed by atoms with Gasteiger partial charge >= 0.3 is 0 Å². The molecule has 4 aromatic rings. The lowest BCUT2D eigenvalue weighted by molar-refractivity contribution is 0.0697. The van der Waals surface area contributed by atoms with Crippen LogP contribution in [0.15, 0.2) is 78.9 Å². The number of halogens is 1. The summed E-state index contributed by atoms with van der Waals surface area (Å²) in [6.07, 6.45) is 1.38. The normalized spacial score (nSPS) is 14.3. The van der Waals surface area contributed by atoms with Crippen LogP contribution in [0.2, 0.25) is 0 Å². The van der Waals surface area contributed by atoms with Gasteiger partial charge in [-0.15, -0.1) is 0 Å². The third-order valence-electron chi connectivity index (χ3n) is 6.75. The second kappa shape index (κ2) is 9.74. The van der Waals surface area contributed by atoms with Crippen molar-refractivity contribution < 1.29 is 14.0 Å². The molecule has 1 aliphatic heterocycles. The minimum Gasteiger partial charge on any atom is -0.348 e. The molecule has 2 amide bonds. The van der Waals surface area contributed by atoms with E-state index < -0.39 is 0 Å². The summed E-state index contributed by atoms with van der Waals surface area (Å²) < 4.78 is 16.3. The molecule has 6 heteroatoms. The zero-order valence-corrected chi connectivity index (χ0v) is 19.7. The summed E-state index contributed by atoms with van der Waals surface area (Å²) in [7, 11) is 0. The van der Waals surface area contributed by atoms with Crippen molar-refractivity contribution in [3.8, 4) is 0 Å². The van der Waals surface area contributed by atoms with Gasteiger partial charge in [-0.2, -0.15) is 0 Å². The van der Waals surface area contributed by atoms with Gasteiger partial charge in [-0.25, -0.2) is 4.39 Å². The number of amides is 2. The van der Waals surface area contributed by atoms with E-state index in [1.165, 1.54) is 6.07 Å². The van der Waals surface area contributed by atoms with Crippen LogP contribution in [0.1, 0.15) is 44.8 Å². The van der Waals surface area contributed by atoms with E-state index in [-0.39, 0.29) is 30.2 Å². The molecular formula is C29H28FN3O2. The van der Waals surface area contributed by atoms with Crippen LogP contribution in [0, 0.1) is 12.7 Å². The Hall–Kier alpha value is -3.93. The van der Waals surface area contributed by atoms with Crippen molar-refractivity contribution in [3.63, 3.8) is 0 Å². The van der Waals surface area contributed by atoms with Gasteiger partial charge in [0, 0.05) is 41.2 Å². The molecule has 1 N–H and O–H groups in total. The predicted molar refractivity (Wildman–Crippen MR) is 135 cm³/mol. The van der Waals surface area contributed by atoms with Crippen molar-refractivity contribution in [1.82, 2.24) is 14.8 Å². The van der Waals surface area contributed by atoms with E-state index in [9.17, 15) is 14.0 Å². The Morgan fingerprint density at radius 2 is 1.63 bits per heavy atom. The molecule has 1 aliphatic rings. The molecule has 0 saturated carbocycles. The number of benzene rings is 3. The first-order chi connectivity index (χ1) is 17.0. The fourth-order valence-corrected chi connectivity index (χ4v) is 4.73. The van der Waals surface area contributed by atoms with Gasteiger partial charge < -0.3 is 14.8 Å². The number of carbonyl (C=O) groups is 2. The molecule has 0 bridgehead atoms. The van der Waals surface area contributed by atoms with Crippen LogP contribution in [0.5, 0.6) is 0 Å². The number of carbonyl (C=O) groups excluding carboxylic acids is 2. The SMILES string of the molecule is Cc1ccc(C(=O)N2CCC(NC(=O)c3cc4ccccc4n3Cc3ccccc3F)CC2)cc1. The minimum absolute atomic E-state index is 0.0236. The van der Waals surface area contributed by atoms with Crippen LogP contribution in [-0.2, 0) is 6.54 Å². The number of likely N-dealkylation sites (tertiary alicyclic amines) is 1. The Bertz CT molecular complexity index is 1370. The van der Waals surface area contributed by atoms with E-state index in [4.69, 9.17) is 0 Å². The van der Waals surface area contributed by atoms with Crippen LogP contribution in [-0.4, -0.2) is 40.4 Å². The van der Waals surface area contributed by atoms with Crippen molar-refractivity contribution in [3.05, 3.63) is 107 Å². The Kier molecular flexibility index (Phi) is 6.36. The van der Waals surface area contributed by atoms with Gasteiger partial charge in [0.05, 0.1) is 6.54 Å². The maximum absolute atomic E-state index is 14.4. The molecule has 35 heavy (non-hydrogen) atoms. The molecule has 1 fully saturated rings. The fraction of sp³-hybridized carbons (Fsp3) is 0.241. The highest BCUT2D eigenvalue weighted by atomic mass is 19.1. The molecule has 5 rings (SSSR count). The zero-order chi connectivity index (χ0) is 24.4. The number of hydrogen-bond donors (Lipinski definition) is 1. The number of aromatic nitrogens is 1. The third-order valence-corrected chi connectivity index (χ3v) is 6.75. The van der Waals surface area contributed by atoms with Gasteiger partial charge in [0.2, 0.25) is 0 Å². The molecule has 1 saturated heterocycles. The van der Waals surface area contributed by atoms with Gasteiger partial charge in [-0.1, -0.05) is 54.1 Å². The highest BCUT2D eigenvalue weighted by Crippen LogP contribution is 2.23. The van der Waals surface area contributed by atoms with Gasteiger partial charge in [0.15, 0.2) is 0 Å². The first kappa shape index (κ1) is 22.8. The lowest BCUT2D eigenvalue weighted by Gasteiger charge is -2.32. The van der Waals surface area contributed by atoms with E-state index in [0.717, 1.165) is 16.5 Å². The molecular weight excluding hydrogens is 441 g/mol. The topological polar surface area (TPSA) is 54.3 Å². The maximum atomic E-state index is 14.4. The highest BCUT2D eigenvalue weighted by Gasteiger charge is 2.26. The van der Waals surface area contributed by atoms with E-state index in [1.54, 1.807) is 18.2 Å². The van der Waals surface area contributed by atoms with Gasteiger partial charge in [-0.3, -0.25) is 9.59 Å². The quantitative estimate of drug-likeness (QED) is 0.438. The minimum atomic E-state index is -0.290. The average molecular weight is 470 g/mol. The average Bonchev–Trinajstić information content (AvgIpc) is 3.24. The van der Waals surface area contributed by atoms with Crippen molar-refractivity contribution in [2.75, 3.05) is 13.1 Å². The molecule has 5 nitrogen and oxygen atoms in total. The number of fused-ring (bicyclic) bond motifs is 1. The van der Waals surface area contributed by atoms with Gasteiger partial charge in [-0.05, 0) is 50.1 Å². The fourth-order valence-electron chi connectivity index (χ4n) is 4.73. The number of para-hydroxylation sites is 1. The Labute approximate surface area is 204 Å². The number of hydrogen-bond acceptors (Lipinski definition) is 2. The Morgan fingerprint density at radius 1 is 0.943 bits per heavy atom. The molecule has 0 unspecified atom stereocenters. The smallest absolute Gasteiger partial charge is 0.268 e. The van der Waals surface area contributed by atoms with E-state index in [1.807, 2.05) is 71.0 Å². The number of nitrogens with zero attached hydrogens (tertiary/aromatic N) is 2. The van der Waals surface area contributed by atoms with Crippen LogP contribution in [0.4, 0.5) is 4.39 Å². The summed E-state index contributed by atoms with van der Waals surface area (Å²) >= 11 is 0. The van der Waals surface area contributed by atoms with Crippen molar-refractivity contribution in [1.29, 1.82) is 0 Å². The van der Waals surface area contributed by atoms with E-state index >= 15 is 0 Å². The molecule has 0 aliphatic carbocycles. The van der Waals surface area contributed by atoms with E-state index in [0.29, 0.717) is 42.8 Å². The standard InChI is InChI=1S/C29H28FN3O2/c1-20-10-12-21(13-11-20)29(35)32-16-14-24(15-17-32)31-28(34)27-18-22-6-3-5-9-26(22)33(27)19-23-7-2-4-8-25(23)30/h2-13,18,24H,14-17,19H2,1H3,(H,31,34). The highest BCUT2D eigenvalue weighted by molar-refractivity contribution is 5.99. The molecule has 0 spiro atoms. The summed E-state index contributed by atoms with van der Waals surface area (Å²) in [6.45, 7) is 3.45. The molecule has 0 atom stereocenters. The van der Waals surface area contributed by atoms with Crippen molar-refractivity contribution in [2.45, 2.75) is 32.4 Å². The van der Waals surface area contributed by atoms with Gasteiger partial charge in [0.25, 0.3) is 11.8 Å². The number of aryl methyl sites for hydroxylation is 1.